The zero-order valence-electron chi connectivity index (χ0n) is 13.8. The van der Waals surface area contributed by atoms with Crippen LogP contribution in [0.5, 0.6) is 0 Å². The molecule has 6 heteroatoms. The molecule has 0 saturated heterocycles. The SMILES string of the molecule is C[C@@H]1Cc2ccccc2N1C(=O)CSc1n[nH]c(-c2ccccc2)n1. The molecule has 5 nitrogen and oxygen atoms in total. The molecule has 0 fully saturated rings. The first-order valence-corrected chi connectivity index (χ1v) is 9.21. The summed E-state index contributed by atoms with van der Waals surface area (Å²) in [6, 6.07) is 18.1. The molecule has 1 amide bonds. The molecule has 0 saturated carbocycles. The number of aromatic amines is 1. The zero-order valence-corrected chi connectivity index (χ0v) is 14.7. The number of anilines is 1. The quantitative estimate of drug-likeness (QED) is 0.731. The van der Waals surface area contributed by atoms with Crippen LogP contribution in [0.3, 0.4) is 0 Å². The fourth-order valence-corrected chi connectivity index (χ4v) is 3.84. The number of aromatic nitrogens is 3. The number of carbonyl (C=O) groups is 1. The molecular weight excluding hydrogens is 332 g/mol. The van der Waals surface area contributed by atoms with Gasteiger partial charge in [0.1, 0.15) is 0 Å². The van der Waals surface area contributed by atoms with Crippen LogP contribution in [-0.2, 0) is 11.2 Å². The lowest BCUT2D eigenvalue weighted by atomic mass is 10.1. The third-order valence-corrected chi connectivity index (χ3v) is 5.14. The molecule has 2 heterocycles. The van der Waals surface area contributed by atoms with E-state index in [2.05, 4.69) is 28.2 Å². The van der Waals surface area contributed by atoms with E-state index in [4.69, 9.17) is 0 Å². The van der Waals surface area contributed by atoms with Crippen LogP contribution in [0, 0.1) is 0 Å². The summed E-state index contributed by atoms with van der Waals surface area (Å²) in [7, 11) is 0. The second-order valence-electron chi connectivity index (χ2n) is 6.07. The number of carbonyl (C=O) groups excluding carboxylic acids is 1. The van der Waals surface area contributed by atoms with Crippen LogP contribution in [0.2, 0.25) is 0 Å². The van der Waals surface area contributed by atoms with Gasteiger partial charge in [0.15, 0.2) is 5.82 Å². The Hall–Kier alpha value is -2.60. The molecule has 1 N–H and O–H groups in total. The highest BCUT2D eigenvalue weighted by Gasteiger charge is 2.30. The van der Waals surface area contributed by atoms with Crippen molar-refractivity contribution in [2.24, 2.45) is 0 Å². The minimum Gasteiger partial charge on any atom is -0.308 e. The number of benzene rings is 2. The highest BCUT2D eigenvalue weighted by molar-refractivity contribution is 7.99. The van der Waals surface area contributed by atoms with Gasteiger partial charge in [-0.25, -0.2) is 4.98 Å². The van der Waals surface area contributed by atoms with Crippen LogP contribution in [-0.4, -0.2) is 32.9 Å². The number of nitrogens with zero attached hydrogens (tertiary/aromatic N) is 3. The first kappa shape index (κ1) is 15.9. The van der Waals surface area contributed by atoms with E-state index in [9.17, 15) is 4.79 Å². The average molecular weight is 350 g/mol. The minimum absolute atomic E-state index is 0.0912. The van der Waals surface area contributed by atoms with E-state index >= 15 is 0 Å². The Bertz CT molecular complexity index is 893. The summed E-state index contributed by atoms with van der Waals surface area (Å²) in [6.45, 7) is 2.09. The molecule has 1 aliphatic rings. The molecule has 2 aromatic carbocycles. The second-order valence-corrected chi connectivity index (χ2v) is 7.01. The molecule has 0 unspecified atom stereocenters. The molecule has 1 atom stereocenters. The van der Waals surface area contributed by atoms with Crippen LogP contribution in [0.1, 0.15) is 12.5 Å². The van der Waals surface area contributed by atoms with Gasteiger partial charge in [-0.2, -0.15) is 0 Å². The van der Waals surface area contributed by atoms with Gasteiger partial charge in [0.05, 0.1) is 5.75 Å². The van der Waals surface area contributed by atoms with Crippen molar-refractivity contribution < 1.29 is 4.79 Å². The van der Waals surface area contributed by atoms with Crippen LogP contribution in [0.15, 0.2) is 59.8 Å². The van der Waals surface area contributed by atoms with Gasteiger partial charge < -0.3 is 4.90 Å². The molecule has 0 bridgehead atoms. The monoisotopic (exact) mass is 350 g/mol. The maximum absolute atomic E-state index is 12.7. The lowest BCUT2D eigenvalue weighted by Gasteiger charge is -2.22. The van der Waals surface area contributed by atoms with E-state index in [1.807, 2.05) is 53.4 Å². The van der Waals surface area contributed by atoms with Crippen LogP contribution < -0.4 is 4.90 Å². The van der Waals surface area contributed by atoms with Crippen LogP contribution >= 0.6 is 11.8 Å². The average Bonchev–Trinajstić information content (AvgIpc) is 3.24. The Morgan fingerprint density at radius 3 is 2.80 bits per heavy atom. The molecule has 4 rings (SSSR count). The fourth-order valence-electron chi connectivity index (χ4n) is 3.18. The van der Waals surface area contributed by atoms with Crippen molar-refractivity contribution in [1.82, 2.24) is 15.2 Å². The number of amides is 1. The lowest BCUT2D eigenvalue weighted by Crippen LogP contribution is -2.36. The Labute approximate surface area is 150 Å². The van der Waals surface area contributed by atoms with Crippen LogP contribution in [0.25, 0.3) is 11.4 Å². The Morgan fingerprint density at radius 2 is 1.96 bits per heavy atom. The number of hydrogen-bond acceptors (Lipinski definition) is 4. The van der Waals surface area contributed by atoms with Gasteiger partial charge in [-0.1, -0.05) is 60.3 Å². The van der Waals surface area contributed by atoms with E-state index in [0.29, 0.717) is 10.9 Å². The predicted octanol–water partition coefficient (Wildman–Crippen LogP) is 3.54. The standard InChI is InChI=1S/C19H18N4OS/c1-13-11-15-9-5-6-10-16(15)23(13)17(24)12-25-19-20-18(21-22-19)14-7-3-2-4-8-14/h2-10,13H,11-12H2,1H3,(H,20,21,22)/t13-/m1/s1. The number of para-hydroxylation sites is 1. The van der Waals surface area contributed by atoms with E-state index in [1.54, 1.807) is 0 Å². The number of thioether (sulfide) groups is 1. The summed E-state index contributed by atoms with van der Waals surface area (Å²) in [5, 5.41) is 7.73. The number of hydrogen-bond donors (Lipinski definition) is 1. The van der Waals surface area contributed by atoms with Gasteiger partial charge in [0, 0.05) is 17.3 Å². The third kappa shape index (κ3) is 3.17. The largest absolute Gasteiger partial charge is 0.308 e. The topological polar surface area (TPSA) is 61.9 Å². The van der Waals surface area contributed by atoms with Gasteiger partial charge in [-0.3, -0.25) is 9.89 Å². The molecule has 0 spiro atoms. The van der Waals surface area contributed by atoms with Crippen molar-refractivity contribution in [2.45, 2.75) is 24.5 Å². The summed E-state index contributed by atoms with van der Waals surface area (Å²) in [6.07, 6.45) is 0.908. The van der Waals surface area contributed by atoms with Crippen LogP contribution in [0.4, 0.5) is 5.69 Å². The number of fused-ring (bicyclic) bond motifs is 1. The van der Waals surface area contributed by atoms with Crippen molar-refractivity contribution in [3.8, 4) is 11.4 Å². The summed E-state index contributed by atoms with van der Waals surface area (Å²) in [5.74, 6) is 1.13. The van der Waals surface area contributed by atoms with Crippen molar-refractivity contribution in [3.05, 3.63) is 60.2 Å². The maximum Gasteiger partial charge on any atom is 0.237 e. The Morgan fingerprint density at radius 1 is 1.20 bits per heavy atom. The number of rotatable bonds is 4. The second kappa shape index (κ2) is 6.72. The summed E-state index contributed by atoms with van der Waals surface area (Å²) >= 11 is 1.36. The third-order valence-electron chi connectivity index (χ3n) is 4.31. The van der Waals surface area contributed by atoms with Crippen molar-refractivity contribution >= 4 is 23.4 Å². The summed E-state index contributed by atoms with van der Waals surface area (Å²) in [5.41, 5.74) is 3.24. The van der Waals surface area contributed by atoms with Gasteiger partial charge >= 0.3 is 0 Å². The van der Waals surface area contributed by atoms with E-state index in [-0.39, 0.29) is 11.9 Å². The normalized spacial score (nSPS) is 16.0. The van der Waals surface area contributed by atoms with Gasteiger partial charge in [0.2, 0.25) is 11.1 Å². The molecule has 0 radical (unpaired) electrons. The van der Waals surface area contributed by atoms with Crippen molar-refractivity contribution in [2.75, 3.05) is 10.7 Å². The van der Waals surface area contributed by atoms with Gasteiger partial charge in [-0.15, -0.1) is 5.10 Å². The molecule has 0 aliphatic carbocycles. The Balaban J connectivity index is 1.44. The highest BCUT2D eigenvalue weighted by atomic mass is 32.2. The van der Waals surface area contributed by atoms with E-state index < -0.39 is 0 Å². The number of H-pyrrole nitrogens is 1. The molecule has 3 aromatic rings. The van der Waals surface area contributed by atoms with Crippen molar-refractivity contribution in [3.63, 3.8) is 0 Å². The molecule has 1 aliphatic heterocycles. The first-order valence-electron chi connectivity index (χ1n) is 8.23. The lowest BCUT2D eigenvalue weighted by molar-refractivity contribution is -0.116. The summed E-state index contributed by atoms with van der Waals surface area (Å²) < 4.78 is 0. The smallest absolute Gasteiger partial charge is 0.237 e. The number of nitrogens with one attached hydrogen (secondary N) is 1. The first-order chi connectivity index (χ1) is 12.2. The predicted molar refractivity (Wildman–Crippen MR) is 99.6 cm³/mol. The van der Waals surface area contributed by atoms with Gasteiger partial charge in [0.25, 0.3) is 0 Å². The summed E-state index contributed by atoms with van der Waals surface area (Å²) in [4.78, 5) is 19.1. The molecule has 1 aromatic heterocycles. The van der Waals surface area contributed by atoms with E-state index in [0.717, 1.165) is 23.5 Å². The van der Waals surface area contributed by atoms with Gasteiger partial charge in [-0.05, 0) is 25.0 Å². The fraction of sp³-hybridized carbons (Fsp3) is 0.211. The highest BCUT2D eigenvalue weighted by Crippen LogP contribution is 2.32. The zero-order chi connectivity index (χ0) is 17.2. The molecule has 25 heavy (non-hydrogen) atoms. The molecular formula is C19H18N4OS. The molecule has 126 valence electrons. The minimum atomic E-state index is 0.0912. The van der Waals surface area contributed by atoms with E-state index in [1.165, 1.54) is 17.3 Å². The maximum atomic E-state index is 12.7. The Kier molecular flexibility index (Phi) is 4.28. The van der Waals surface area contributed by atoms with Crippen molar-refractivity contribution in [1.29, 1.82) is 0 Å².